The molecule has 0 unspecified atom stereocenters. The van der Waals surface area contributed by atoms with E-state index < -0.39 is 35.8 Å². The highest BCUT2D eigenvalue weighted by Gasteiger charge is 2.51. The zero-order valence-electron chi connectivity index (χ0n) is 18.5. The van der Waals surface area contributed by atoms with Crippen LogP contribution in [-0.4, -0.2) is 60.0 Å². The third-order valence-corrected chi connectivity index (χ3v) is 7.73. The van der Waals surface area contributed by atoms with E-state index in [0.717, 1.165) is 38.0 Å². The number of carbonyl (C=O) groups is 4. The highest BCUT2D eigenvalue weighted by Crippen LogP contribution is 2.37. The maximum atomic E-state index is 13.4. The van der Waals surface area contributed by atoms with Crippen LogP contribution in [0.2, 0.25) is 5.02 Å². The Balaban J connectivity index is 1.40. The van der Waals surface area contributed by atoms with Gasteiger partial charge in [0.15, 0.2) is 0 Å². The number of rotatable bonds is 6. The number of nitrogens with zero attached hydrogens (tertiary/aromatic N) is 2. The second-order valence-electron chi connectivity index (χ2n) is 8.34. The summed E-state index contributed by atoms with van der Waals surface area (Å²) in [6.45, 7) is 0. The number of para-hydroxylation sites is 1. The van der Waals surface area contributed by atoms with E-state index in [0.29, 0.717) is 15.5 Å². The lowest BCUT2D eigenvalue weighted by molar-refractivity contribution is -0.154. The first-order valence-electron chi connectivity index (χ1n) is 10.9. The molecule has 8 nitrogen and oxygen atoms in total. The molecule has 11 heteroatoms. The van der Waals surface area contributed by atoms with Gasteiger partial charge in [0.25, 0.3) is 11.8 Å². The van der Waals surface area contributed by atoms with Gasteiger partial charge in [-0.05, 0) is 35.4 Å². The molecule has 182 valence electrons. The largest absolute Gasteiger partial charge is 0.480 e. The number of carboxylic acids is 1. The van der Waals surface area contributed by atoms with Crippen LogP contribution in [0.3, 0.4) is 0 Å². The van der Waals surface area contributed by atoms with E-state index in [2.05, 4.69) is 4.98 Å². The maximum Gasteiger partial charge on any atom is 0.327 e. The van der Waals surface area contributed by atoms with Crippen LogP contribution in [0.5, 0.6) is 0 Å². The van der Waals surface area contributed by atoms with Crippen molar-refractivity contribution in [2.45, 2.75) is 24.9 Å². The number of aromatic amines is 1. The predicted octanol–water partition coefficient (Wildman–Crippen LogP) is 3.85. The highest BCUT2D eigenvalue weighted by molar-refractivity contribution is 8.26. The number of thioether (sulfide) groups is 1. The molecular weight excluding hydrogens is 522 g/mol. The number of H-pyrrole nitrogens is 1. The maximum absolute atomic E-state index is 13.4. The minimum Gasteiger partial charge on any atom is -0.480 e. The van der Waals surface area contributed by atoms with Crippen LogP contribution in [0.1, 0.15) is 17.5 Å². The van der Waals surface area contributed by atoms with Gasteiger partial charge >= 0.3 is 5.97 Å². The molecule has 3 amide bonds. The summed E-state index contributed by atoms with van der Waals surface area (Å²) < 4.78 is 0.136. The topological polar surface area (TPSA) is 111 Å². The van der Waals surface area contributed by atoms with Crippen LogP contribution < -0.4 is 0 Å². The van der Waals surface area contributed by atoms with Crippen LogP contribution in [0.25, 0.3) is 17.0 Å². The molecule has 2 fully saturated rings. The monoisotopic (exact) mass is 539 g/mol. The average Bonchev–Trinajstić information content (AvgIpc) is 3.47. The molecule has 1 aromatic heterocycles. The smallest absolute Gasteiger partial charge is 0.327 e. The Morgan fingerprint density at radius 2 is 1.92 bits per heavy atom. The van der Waals surface area contributed by atoms with Crippen molar-refractivity contribution in [3.05, 3.63) is 75.8 Å². The fraction of sp³-hybridized carbons (Fsp3) is 0.160. The Hall–Kier alpha value is -3.47. The molecule has 2 aliphatic heterocycles. The number of aliphatic carboxylic acids is 1. The van der Waals surface area contributed by atoms with Gasteiger partial charge < -0.3 is 10.1 Å². The number of carbonyl (C=O) groups excluding carboxylic acids is 3. The summed E-state index contributed by atoms with van der Waals surface area (Å²) in [4.78, 5) is 56.9. The van der Waals surface area contributed by atoms with Crippen LogP contribution in [0.15, 0.2) is 59.6 Å². The molecular formula is C25H18ClN3O5S2. The Kier molecular flexibility index (Phi) is 6.42. The molecule has 0 spiro atoms. The summed E-state index contributed by atoms with van der Waals surface area (Å²) in [6, 6.07) is 11.6. The summed E-state index contributed by atoms with van der Waals surface area (Å²) >= 11 is 12.3. The Bertz CT molecular complexity index is 1470. The number of benzene rings is 2. The van der Waals surface area contributed by atoms with Gasteiger partial charge in [-0.3, -0.25) is 24.2 Å². The van der Waals surface area contributed by atoms with E-state index in [9.17, 15) is 24.3 Å². The molecule has 0 bridgehead atoms. The quantitative estimate of drug-likeness (QED) is 0.278. The number of hydrogen-bond acceptors (Lipinski definition) is 6. The Labute approximate surface area is 219 Å². The van der Waals surface area contributed by atoms with Gasteiger partial charge in [-0.1, -0.05) is 65.9 Å². The SMILES string of the molecule is O=C(O)[C@@H](Cc1c[nH]c2ccccc12)N1C(=O)C[C@H](N2C(=O)/C(=C/c3ccc(Cl)cc3)SC2=S)C1=O. The fourth-order valence-corrected chi connectivity index (χ4v) is 5.90. The number of amides is 3. The highest BCUT2D eigenvalue weighted by atomic mass is 35.5. The van der Waals surface area contributed by atoms with Crippen LogP contribution >= 0.6 is 35.6 Å². The molecule has 0 aliphatic carbocycles. The summed E-state index contributed by atoms with van der Waals surface area (Å²) in [6.07, 6.45) is 2.90. The number of fused-ring (bicyclic) bond motifs is 1. The molecule has 2 saturated heterocycles. The molecule has 0 saturated carbocycles. The summed E-state index contributed by atoms with van der Waals surface area (Å²) in [5, 5.41) is 11.3. The first-order chi connectivity index (χ1) is 17.2. The lowest BCUT2D eigenvalue weighted by Crippen LogP contribution is -2.50. The molecule has 5 rings (SSSR count). The fourth-order valence-electron chi connectivity index (χ4n) is 4.42. The van der Waals surface area contributed by atoms with Crippen molar-refractivity contribution in [2.75, 3.05) is 0 Å². The van der Waals surface area contributed by atoms with Gasteiger partial charge in [0.1, 0.15) is 16.4 Å². The minimum atomic E-state index is -1.42. The van der Waals surface area contributed by atoms with Gasteiger partial charge in [-0.2, -0.15) is 0 Å². The molecule has 0 radical (unpaired) electrons. The van der Waals surface area contributed by atoms with Gasteiger partial charge in [-0.25, -0.2) is 4.79 Å². The van der Waals surface area contributed by atoms with E-state index in [-0.39, 0.29) is 17.2 Å². The first kappa shape index (κ1) is 24.2. The second kappa shape index (κ2) is 9.53. The van der Waals surface area contributed by atoms with Crippen molar-refractivity contribution in [3.8, 4) is 0 Å². The number of hydrogen-bond donors (Lipinski definition) is 2. The van der Waals surface area contributed by atoms with Gasteiger partial charge in [-0.15, -0.1) is 0 Å². The molecule has 2 aliphatic rings. The number of likely N-dealkylation sites (tertiary alicyclic amines) is 1. The summed E-state index contributed by atoms with van der Waals surface area (Å²) in [5.41, 5.74) is 2.21. The zero-order valence-corrected chi connectivity index (χ0v) is 20.9. The number of nitrogens with one attached hydrogen (secondary N) is 1. The van der Waals surface area contributed by atoms with Crippen molar-refractivity contribution in [1.82, 2.24) is 14.8 Å². The molecule has 3 aromatic rings. The van der Waals surface area contributed by atoms with Crippen LogP contribution in [0.4, 0.5) is 0 Å². The first-order valence-corrected chi connectivity index (χ1v) is 12.5. The van der Waals surface area contributed by atoms with E-state index >= 15 is 0 Å². The standard InChI is InChI=1S/C25H18ClN3O5S2/c26-15-7-5-13(6-8-15)9-20-23(32)29(25(35)36-20)18-11-21(30)28(22(18)31)19(24(33)34)10-14-12-27-17-4-2-1-3-16(14)17/h1-9,12,18-19,27H,10-11H2,(H,33,34)/b20-9-/t18-,19+/m0/s1. The summed E-state index contributed by atoms with van der Waals surface area (Å²) in [7, 11) is 0. The average molecular weight is 540 g/mol. The molecule has 36 heavy (non-hydrogen) atoms. The number of halogens is 1. The lowest BCUT2D eigenvalue weighted by Gasteiger charge is -2.25. The number of imide groups is 1. The Morgan fingerprint density at radius 3 is 2.64 bits per heavy atom. The number of carboxylic acid groups (broad SMARTS) is 1. The minimum absolute atomic E-state index is 0.0710. The van der Waals surface area contributed by atoms with Gasteiger partial charge in [0, 0.05) is 28.5 Å². The van der Waals surface area contributed by atoms with Crippen LogP contribution in [0, 0.1) is 0 Å². The van der Waals surface area contributed by atoms with Crippen LogP contribution in [-0.2, 0) is 25.6 Å². The van der Waals surface area contributed by atoms with Crippen molar-refractivity contribution in [1.29, 1.82) is 0 Å². The number of thiocarbonyl (C=S) groups is 1. The zero-order chi connectivity index (χ0) is 25.6. The van der Waals surface area contributed by atoms with Gasteiger partial charge in [0.2, 0.25) is 5.91 Å². The third kappa shape index (κ3) is 4.32. The van der Waals surface area contributed by atoms with E-state index in [1.54, 1.807) is 36.5 Å². The molecule has 2 N–H and O–H groups in total. The van der Waals surface area contributed by atoms with E-state index in [4.69, 9.17) is 23.8 Å². The van der Waals surface area contributed by atoms with Crippen molar-refractivity contribution in [2.24, 2.45) is 0 Å². The molecule has 2 aromatic carbocycles. The number of aromatic nitrogens is 1. The van der Waals surface area contributed by atoms with Crippen molar-refractivity contribution < 1.29 is 24.3 Å². The van der Waals surface area contributed by atoms with Crippen molar-refractivity contribution in [3.63, 3.8) is 0 Å². The lowest BCUT2D eigenvalue weighted by atomic mass is 10.0. The Morgan fingerprint density at radius 1 is 1.19 bits per heavy atom. The normalized spacial score (nSPS) is 20.2. The van der Waals surface area contributed by atoms with E-state index in [1.807, 2.05) is 24.3 Å². The van der Waals surface area contributed by atoms with Gasteiger partial charge in [0.05, 0.1) is 11.3 Å². The molecule has 3 heterocycles. The van der Waals surface area contributed by atoms with Crippen molar-refractivity contribution >= 4 is 80.6 Å². The summed E-state index contributed by atoms with van der Waals surface area (Å²) in [5.74, 6) is -3.23. The van der Waals surface area contributed by atoms with E-state index in [1.165, 1.54) is 0 Å². The third-order valence-electron chi connectivity index (χ3n) is 6.15. The second-order valence-corrected chi connectivity index (χ2v) is 10.5. The predicted molar refractivity (Wildman–Crippen MR) is 140 cm³/mol. The molecule has 2 atom stereocenters.